The molecule has 0 amide bonds. The van der Waals surface area contributed by atoms with Gasteiger partial charge in [-0.25, -0.2) is 5.84 Å². The van der Waals surface area contributed by atoms with Gasteiger partial charge in [-0.05, 0) is 37.3 Å². The molecule has 5 heteroatoms. The van der Waals surface area contributed by atoms with E-state index in [1.54, 1.807) is 7.11 Å². The third kappa shape index (κ3) is 3.06. The number of ether oxygens (including phenoxy) is 1. The van der Waals surface area contributed by atoms with Gasteiger partial charge in [-0.3, -0.25) is 4.99 Å². The van der Waals surface area contributed by atoms with Gasteiger partial charge in [-0.1, -0.05) is 0 Å². The molecule has 1 aliphatic carbocycles. The molecule has 1 aromatic heterocycles. The number of thiophene rings is 1. The summed E-state index contributed by atoms with van der Waals surface area (Å²) in [6, 6.07) is 2.23. The van der Waals surface area contributed by atoms with Crippen LogP contribution in [0.3, 0.4) is 0 Å². The van der Waals surface area contributed by atoms with E-state index in [0.29, 0.717) is 13.2 Å². The lowest BCUT2D eigenvalue weighted by atomic mass is 9.99. The van der Waals surface area contributed by atoms with Gasteiger partial charge in [0.05, 0.1) is 18.0 Å². The van der Waals surface area contributed by atoms with Crippen molar-refractivity contribution >= 4 is 17.2 Å². The number of methoxy groups -OCH3 is 1. The second-order valence-electron chi connectivity index (χ2n) is 4.13. The summed E-state index contributed by atoms with van der Waals surface area (Å²) >= 11 is 1.81. The second-order valence-corrected chi connectivity index (χ2v) is 5.27. The first-order valence-corrected chi connectivity index (χ1v) is 6.78. The Hall–Kier alpha value is -0.910. The molecule has 3 N–H and O–H groups in total. The maximum Gasteiger partial charge on any atom is 0.152 e. The third-order valence-electron chi connectivity index (χ3n) is 2.93. The molecule has 4 nitrogen and oxygen atoms in total. The van der Waals surface area contributed by atoms with Gasteiger partial charge in [0.25, 0.3) is 0 Å². The lowest BCUT2D eigenvalue weighted by Gasteiger charge is -2.08. The summed E-state index contributed by atoms with van der Waals surface area (Å²) in [6.45, 7) is 1.26. The normalized spacial score (nSPS) is 15.8. The first-order valence-electron chi connectivity index (χ1n) is 5.97. The Morgan fingerprint density at radius 1 is 1.53 bits per heavy atom. The summed E-state index contributed by atoms with van der Waals surface area (Å²) in [5.41, 5.74) is 4.17. The van der Waals surface area contributed by atoms with Gasteiger partial charge in [0, 0.05) is 12.0 Å². The number of hydrogen-bond acceptors (Lipinski definition) is 4. The van der Waals surface area contributed by atoms with E-state index in [4.69, 9.17) is 10.6 Å². The molecule has 1 aliphatic rings. The summed E-state index contributed by atoms with van der Waals surface area (Å²) in [5, 5.41) is 0. The first-order chi connectivity index (χ1) is 8.35. The number of hydrazine groups is 1. The van der Waals surface area contributed by atoms with E-state index in [1.807, 2.05) is 11.3 Å². The summed E-state index contributed by atoms with van der Waals surface area (Å²) in [7, 11) is 1.68. The molecule has 17 heavy (non-hydrogen) atoms. The number of aryl methyl sites for hydroxylation is 2. The van der Waals surface area contributed by atoms with Crippen molar-refractivity contribution in [2.24, 2.45) is 10.8 Å². The molecule has 0 aromatic carbocycles. The van der Waals surface area contributed by atoms with Crippen LogP contribution in [0.2, 0.25) is 0 Å². The number of nitrogens with zero attached hydrogens (tertiary/aromatic N) is 1. The van der Waals surface area contributed by atoms with Gasteiger partial charge in [-0.15, -0.1) is 11.3 Å². The average molecular weight is 253 g/mol. The van der Waals surface area contributed by atoms with E-state index >= 15 is 0 Å². The van der Waals surface area contributed by atoms with Gasteiger partial charge >= 0.3 is 0 Å². The zero-order chi connectivity index (χ0) is 12.1. The predicted octanol–water partition coefficient (Wildman–Crippen LogP) is 1.48. The quantitative estimate of drug-likeness (QED) is 0.281. The molecule has 94 valence electrons. The highest BCUT2D eigenvalue weighted by molar-refractivity contribution is 7.14. The van der Waals surface area contributed by atoms with Crippen LogP contribution < -0.4 is 11.3 Å². The lowest BCUT2D eigenvalue weighted by molar-refractivity contribution is 0.208. The topological polar surface area (TPSA) is 59.6 Å². The van der Waals surface area contributed by atoms with Gasteiger partial charge in [0.15, 0.2) is 5.84 Å². The Bertz CT molecular complexity index is 377. The molecule has 0 spiro atoms. The maximum absolute atomic E-state index is 5.53. The Kier molecular flexibility index (Phi) is 4.53. The van der Waals surface area contributed by atoms with Crippen LogP contribution in [0.25, 0.3) is 0 Å². The number of nitrogens with one attached hydrogen (secondary N) is 1. The van der Waals surface area contributed by atoms with Gasteiger partial charge in [0.2, 0.25) is 0 Å². The van der Waals surface area contributed by atoms with Gasteiger partial charge in [0.1, 0.15) is 0 Å². The maximum atomic E-state index is 5.53. The fourth-order valence-electron chi connectivity index (χ4n) is 2.05. The SMILES string of the molecule is COCCN=C(NN)c1cc2c(s1)CCCC2. The molecular formula is C12H19N3OS. The molecule has 0 fully saturated rings. The average Bonchev–Trinajstić information content (AvgIpc) is 2.78. The van der Waals surface area contributed by atoms with Gasteiger partial charge < -0.3 is 10.2 Å². The molecular weight excluding hydrogens is 234 g/mol. The molecule has 0 unspecified atom stereocenters. The molecule has 0 saturated heterocycles. The van der Waals surface area contributed by atoms with E-state index < -0.39 is 0 Å². The molecule has 0 atom stereocenters. The molecule has 0 radical (unpaired) electrons. The van der Waals surface area contributed by atoms with Crippen LogP contribution in [0.1, 0.15) is 28.2 Å². The highest BCUT2D eigenvalue weighted by Crippen LogP contribution is 2.29. The number of aliphatic imine (C=N–C) groups is 1. The largest absolute Gasteiger partial charge is 0.383 e. The predicted molar refractivity (Wildman–Crippen MR) is 71.6 cm³/mol. The fraction of sp³-hybridized carbons (Fsp3) is 0.583. The third-order valence-corrected chi connectivity index (χ3v) is 4.18. The highest BCUT2D eigenvalue weighted by Gasteiger charge is 2.15. The lowest BCUT2D eigenvalue weighted by Crippen LogP contribution is -2.30. The van der Waals surface area contributed by atoms with Gasteiger partial charge in [-0.2, -0.15) is 0 Å². The van der Waals surface area contributed by atoms with Crippen molar-refractivity contribution in [1.82, 2.24) is 5.43 Å². The number of fused-ring (bicyclic) bond motifs is 1. The van der Waals surface area contributed by atoms with Crippen LogP contribution in [0.4, 0.5) is 0 Å². The van der Waals surface area contributed by atoms with E-state index in [1.165, 1.54) is 36.1 Å². The highest BCUT2D eigenvalue weighted by atomic mass is 32.1. The standard InChI is InChI=1S/C12H19N3OS/c1-16-7-6-14-12(15-13)11-8-9-4-2-3-5-10(9)17-11/h8H,2-7,13H2,1H3,(H,14,15). The second kappa shape index (κ2) is 6.14. The number of rotatable bonds is 4. The minimum absolute atomic E-state index is 0.621. The zero-order valence-corrected chi connectivity index (χ0v) is 11.0. The Morgan fingerprint density at radius 2 is 2.35 bits per heavy atom. The Morgan fingerprint density at radius 3 is 3.06 bits per heavy atom. The monoisotopic (exact) mass is 253 g/mol. The smallest absolute Gasteiger partial charge is 0.152 e. The summed E-state index contributed by atoms with van der Waals surface area (Å²) in [4.78, 5) is 7.06. The number of nitrogens with two attached hydrogens (primary N) is 1. The van der Waals surface area contributed by atoms with E-state index in [0.717, 1.165) is 10.7 Å². The molecule has 0 bridgehead atoms. The van der Waals surface area contributed by atoms with Crippen LogP contribution >= 0.6 is 11.3 Å². The summed E-state index contributed by atoms with van der Waals surface area (Å²) < 4.78 is 4.98. The molecule has 1 heterocycles. The minimum Gasteiger partial charge on any atom is -0.383 e. The van der Waals surface area contributed by atoms with Crippen LogP contribution in [-0.2, 0) is 17.6 Å². The van der Waals surface area contributed by atoms with Crippen molar-refractivity contribution in [2.45, 2.75) is 25.7 Å². The zero-order valence-electron chi connectivity index (χ0n) is 10.2. The fourth-order valence-corrected chi connectivity index (χ4v) is 3.28. The van der Waals surface area contributed by atoms with Crippen molar-refractivity contribution in [3.63, 3.8) is 0 Å². The van der Waals surface area contributed by atoms with Crippen molar-refractivity contribution in [3.05, 3.63) is 21.4 Å². The van der Waals surface area contributed by atoms with Crippen molar-refractivity contribution in [1.29, 1.82) is 0 Å². The minimum atomic E-state index is 0.621. The first kappa shape index (κ1) is 12.5. The summed E-state index contributed by atoms with van der Waals surface area (Å²) in [6.07, 6.45) is 5.01. The number of hydrogen-bond donors (Lipinski definition) is 2. The molecule has 2 rings (SSSR count). The van der Waals surface area contributed by atoms with Crippen LogP contribution in [0.15, 0.2) is 11.1 Å². The summed E-state index contributed by atoms with van der Waals surface area (Å²) in [5.74, 6) is 6.31. The number of amidine groups is 1. The van der Waals surface area contributed by atoms with Crippen LogP contribution in [0.5, 0.6) is 0 Å². The molecule has 0 aliphatic heterocycles. The van der Waals surface area contributed by atoms with E-state index in [2.05, 4.69) is 16.5 Å². The van der Waals surface area contributed by atoms with E-state index in [9.17, 15) is 0 Å². The van der Waals surface area contributed by atoms with Crippen molar-refractivity contribution < 1.29 is 4.74 Å². The molecule has 1 aromatic rings. The van der Waals surface area contributed by atoms with E-state index in [-0.39, 0.29) is 0 Å². The van der Waals surface area contributed by atoms with Crippen LogP contribution in [-0.4, -0.2) is 26.1 Å². The van der Waals surface area contributed by atoms with Crippen molar-refractivity contribution in [3.8, 4) is 0 Å². The molecule has 0 saturated carbocycles. The van der Waals surface area contributed by atoms with Crippen LogP contribution in [0, 0.1) is 0 Å². The van der Waals surface area contributed by atoms with Crippen molar-refractivity contribution in [2.75, 3.05) is 20.3 Å². The Balaban J connectivity index is 2.13. The Labute approximate surface area is 106 Å².